The normalized spacial score (nSPS) is 12.7. The fourth-order valence-electron chi connectivity index (χ4n) is 2.46. The molecule has 0 saturated heterocycles. The molecule has 0 bridgehead atoms. The van der Waals surface area contributed by atoms with Crippen molar-refractivity contribution in [1.29, 1.82) is 0 Å². The fourth-order valence-corrected chi connectivity index (χ4v) is 3.25. The molecule has 1 atom stereocenters. The number of nitrogens with one attached hydrogen (secondary N) is 1. The molecule has 3 aromatic heterocycles. The van der Waals surface area contributed by atoms with Gasteiger partial charge in [0.25, 0.3) is 0 Å². The second-order valence-corrected chi connectivity index (χ2v) is 5.67. The molecule has 1 unspecified atom stereocenters. The van der Waals surface area contributed by atoms with Gasteiger partial charge in [-0.05, 0) is 48.7 Å². The summed E-state index contributed by atoms with van der Waals surface area (Å²) < 4.78 is 1.18. The molecule has 0 saturated carbocycles. The van der Waals surface area contributed by atoms with Crippen molar-refractivity contribution in [1.82, 2.24) is 15.3 Å². The van der Waals surface area contributed by atoms with Gasteiger partial charge in [0.15, 0.2) is 0 Å². The molecule has 3 N–H and O–H groups in total. The van der Waals surface area contributed by atoms with Crippen molar-refractivity contribution in [3.8, 4) is 0 Å². The molecule has 3 aromatic rings. The third-order valence-electron chi connectivity index (χ3n) is 3.47. The molecule has 4 nitrogen and oxygen atoms in total. The highest BCUT2D eigenvalue weighted by Crippen LogP contribution is 2.30. The summed E-state index contributed by atoms with van der Waals surface area (Å²) in [6, 6.07) is 6.18. The fraction of sp³-hybridized carbons (Fsp3) is 0.200. The summed E-state index contributed by atoms with van der Waals surface area (Å²) in [7, 11) is 1.93. The van der Waals surface area contributed by atoms with E-state index in [1.807, 2.05) is 25.4 Å². The minimum atomic E-state index is 0.00250. The largest absolute Gasteiger partial charge is 0.383 e. The lowest BCUT2D eigenvalue weighted by atomic mass is 9.97. The predicted octanol–water partition coefficient (Wildman–Crippen LogP) is 2.89. The number of pyridine rings is 2. The molecule has 0 aliphatic rings. The first-order valence-corrected chi connectivity index (χ1v) is 7.30. The number of aromatic nitrogens is 2. The molecule has 0 spiro atoms. The maximum atomic E-state index is 6.06. The number of anilines is 1. The summed E-state index contributed by atoms with van der Waals surface area (Å²) in [6.45, 7) is 2.05. The summed E-state index contributed by atoms with van der Waals surface area (Å²) >= 11 is 1.70. The summed E-state index contributed by atoms with van der Waals surface area (Å²) in [4.78, 5) is 8.71. The third-order valence-corrected chi connectivity index (χ3v) is 4.33. The summed E-state index contributed by atoms with van der Waals surface area (Å²) in [5, 5.41) is 5.37. The highest BCUT2D eigenvalue weighted by Gasteiger charge is 2.18. The van der Waals surface area contributed by atoms with Gasteiger partial charge in [0.05, 0.1) is 16.3 Å². The van der Waals surface area contributed by atoms with Crippen LogP contribution in [0.3, 0.4) is 0 Å². The zero-order valence-corrected chi connectivity index (χ0v) is 12.2. The Morgan fingerprint density at radius 1 is 1.30 bits per heavy atom. The standard InChI is InChI=1S/C15H16N4S/c1-9-3-5-18-15(16)13(9)14(17-2)10-7-12-11(19-8-10)4-6-20-12/h3-8,14,17H,1-2H3,(H2,16,18). The highest BCUT2D eigenvalue weighted by atomic mass is 32.1. The molecule has 0 aliphatic carbocycles. The van der Waals surface area contributed by atoms with E-state index in [9.17, 15) is 0 Å². The minimum absolute atomic E-state index is 0.00250. The van der Waals surface area contributed by atoms with E-state index in [1.165, 1.54) is 4.70 Å². The van der Waals surface area contributed by atoms with Crippen LogP contribution in [-0.4, -0.2) is 17.0 Å². The molecule has 20 heavy (non-hydrogen) atoms. The van der Waals surface area contributed by atoms with Crippen molar-refractivity contribution in [3.05, 3.63) is 52.7 Å². The molecule has 3 rings (SSSR count). The van der Waals surface area contributed by atoms with Crippen LogP contribution in [0.4, 0.5) is 5.82 Å². The highest BCUT2D eigenvalue weighted by molar-refractivity contribution is 7.17. The number of hydrogen-bond donors (Lipinski definition) is 2. The Morgan fingerprint density at radius 2 is 2.15 bits per heavy atom. The van der Waals surface area contributed by atoms with E-state index < -0.39 is 0 Å². The summed E-state index contributed by atoms with van der Waals surface area (Å²) in [5.74, 6) is 0.565. The molecule has 5 heteroatoms. The number of nitrogens with zero attached hydrogens (tertiary/aromatic N) is 2. The molecule has 3 heterocycles. The molecule has 0 radical (unpaired) electrons. The molecular weight excluding hydrogens is 268 g/mol. The van der Waals surface area contributed by atoms with Crippen LogP contribution in [0.2, 0.25) is 0 Å². The predicted molar refractivity (Wildman–Crippen MR) is 83.9 cm³/mol. The number of thiophene rings is 1. The van der Waals surface area contributed by atoms with E-state index in [0.717, 1.165) is 22.2 Å². The van der Waals surface area contributed by atoms with Crippen LogP contribution in [0.5, 0.6) is 0 Å². The number of fused-ring (bicyclic) bond motifs is 1. The van der Waals surface area contributed by atoms with Crippen molar-refractivity contribution >= 4 is 27.4 Å². The third kappa shape index (κ3) is 2.15. The summed E-state index contributed by atoms with van der Waals surface area (Å²) in [6.07, 6.45) is 3.64. The van der Waals surface area contributed by atoms with Gasteiger partial charge in [0.1, 0.15) is 5.82 Å². The minimum Gasteiger partial charge on any atom is -0.383 e. The lowest BCUT2D eigenvalue weighted by Gasteiger charge is -2.20. The van der Waals surface area contributed by atoms with Crippen LogP contribution < -0.4 is 11.1 Å². The topological polar surface area (TPSA) is 63.8 Å². The zero-order chi connectivity index (χ0) is 14.1. The van der Waals surface area contributed by atoms with Crippen LogP contribution in [-0.2, 0) is 0 Å². The summed E-state index contributed by atoms with van der Waals surface area (Å²) in [5.41, 5.74) is 10.3. The Balaban J connectivity index is 2.13. The van der Waals surface area contributed by atoms with Crippen LogP contribution in [0.1, 0.15) is 22.7 Å². The van der Waals surface area contributed by atoms with E-state index in [2.05, 4.69) is 33.7 Å². The Labute approximate surface area is 121 Å². The van der Waals surface area contributed by atoms with Crippen molar-refractivity contribution in [2.24, 2.45) is 0 Å². The van der Waals surface area contributed by atoms with E-state index in [-0.39, 0.29) is 6.04 Å². The van der Waals surface area contributed by atoms with Gasteiger partial charge < -0.3 is 11.1 Å². The maximum absolute atomic E-state index is 6.06. The first-order valence-electron chi connectivity index (χ1n) is 6.42. The van der Waals surface area contributed by atoms with E-state index >= 15 is 0 Å². The van der Waals surface area contributed by atoms with E-state index in [0.29, 0.717) is 5.82 Å². The average molecular weight is 284 g/mol. The monoisotopic (exact) mass is 284 g/mol. The van der Waals surface area contributed by atoms with Crippen molar-refractivity contribution in [3.63, 3.8) is 0 Å². The first kappa shape index (κ1) is 13.0. The Bertz CT molecular complexity index is 730. The molecular formula is C15H16N4S. The quantitative estimate of drug-likeness (QED) is 0.776. The SMILES string of the molecule is CNC(c1cnc2ccsc2c1)c1c(C)ccnc1N. The molecule has 0 fully saturated rings. The van der Waals surface area contributed by atoms with Gasteiger partial charge in [-0.3, -0.25) is 4.98 Å². The first-order chi connectivity index (χ1) is 9.70. The van der Waals surface area contributed by atoms with Crippen molar-refractivity contribution in [2.45, 2.75) is 13.0 Å². The number of nitrogens with two attached hydrogens (primary N) is 1. The van der Waals surface area contributed by atoms with Crippen LogP contribution >= 0.6 is 11.3 Å². The van der Waals surface area contributed by atoms with Crippen LogP contribution in [0.25, 0.3) is 10.2 Å². The van der Waals surface area contributed by atoms with Gasteiger partial charge in [-0.2, -0.15) is 0 Å². The number of rotatable bonds is 3. The lowest BCUT2D eigenvalue weighted by Crippen LogP contribution is -2.20. The zero-order valence-electron chi connectivity index (χ0n) is 11.4. The van der Waals surface area contributed by atoms with Gasteiger partial charge in [0.2, 0.25) is 0 Å². The molecule has 102 valence electrons. The smallest absolute Gasteiger partial charge is 0.128 e. The molecule has 0 aromatic carbocycles. The maximum Gasteiger partial charge on any atom is 0.128 e. The van der Waals surface area contributed by atoms with Gasteiger partial charge in [-0.1, -0.05) is 0 Å². The lowest BCUT2D eigenvalue weighted by molar-refractivity contribution is 0.685. The van der Waals surface area contributed by atoms with Gasteiger partial charge in [0, 0.05) is 18.0 Å². The Morgan fingerprint density at radius 3 is 2.90 bits per heavy atom. The van der Waals surface area contributed by atoms with Crippen LogP contribution in [0.15, 0.2) is 36.0 Å². The van der Waals surface area contributed by atoms with Gasteiger partial charge in [-0.15, -0.1) is 11.3 Å². The van der Waals surface area contributed by atoms with Gasteiger partial charge in [-0.25, -0.2) is 4.98 Å². The van der Waals surface area contributed by atoms with Crippen LogP contribution in [0, 0.1) is 6.92 Å². The number of aryl methyl sites for hydroxylation is 1. The Hall–Kier alpha value is -1.98. The van der Waals surface area contributed by atoms with Crippen molar-refractivity contribution in [2.75, 3.05) is 12.8 Å². The second-order valence-electron chi connectivity index (χ2n) is 4.72. The molecule has 0 aliphatic heterocycles. The molecule has 0 amide bonds. The Kier molecular flexibility index (Phi) is 3.38. The van der Waals surface area contributed by atoms with Gasteiger partial charge >= 0.3 is 0 Å². The second kappa shape index (κ2) is 5.19. The number of hydrogen-bond acceptors (Lipinski definition) is 5. The number of nitrogen functional groups attached to an aromatic ring is 1. The van der Waals surface area contributed by atoms with Crippen molar-refractivity contribution < 1.29 is 0 Å². The van der Waals surface area contributed by atoms with E-state index in [4.69, 9.17) is 5.73 Å². The average Bonchev–Trinajstić information content (AvgIpc) is 2.90. The van der Waals surface area contributed by atoms with E-state index in [1.54, 1.807) is 17.5 Å².